The summed E-state index contributed by atoms with van der Waals surface area (Å²) in [5.41, 5.74) is 8.06. The fourth-order valence-electron chi connectivity index (χ4n) is 5.07. The molecule has 1 saturated heterocycles. The first kappa shape index (κ1) is 14.8. The number of amides is 1. The number of carbonyl (C=O) groups is 1. The average molecular weight is 334 g/mol. The molecule has 0 spiro atoms. The van der Waals surface area contributed by atoms with E-state index in [0.717, 1.165) is 19.4 Å². The largest absolute Gasteiger partial charge is 0.465 e. The highest BCUT2D eigenvalue weighted by Gasteiger charge is 2.45. The predicted molar refractivity (Wildman–Crippen MR) is 98.4 cm³/mol. The molecule has 0 aromatic heterocycles. The summed E-state index contributed by atoms with van der Waals surface area (Å²) in [6.45, 7) is 4.51. The molecule has 1 N–H and O–H groups in total. The van der Waals surface area contributed by atoms with Crippen molar-refractivity contribution >= 4 is 11.8 Å². The summed E-state index contributed by atoms with van der Waals surface area (Å²) in [6, 6.07) is 13.7. The highest BCUT2D eigenvalue weighted by atomic mass is 16.4. The maximum absolute atomic E-state index is 11.5. The molecule has 5 rings (SSSR count). The second-order valence-corrected chi connectivity index (χ2v) is 7.52. The van der Waals surface area contributed by atoms with Crippen LogP contribution in [-0.2, 0) is 6.42 Å². The van der Waals surface area contributed by atoms with Crippen molar-refractivity contribution in [1.82, 2.24) is 4.90 Å². The molecule has 2 aromatic carbocycles. The van der Waals surface area contributed by atoms with Crippen LogP contribution in [-0.4, -0.2) is 41.8 Å². The summed E-state index contributed by atoms with van der Waals surface area (Å²) < 4.78 is 0. The van der Waals surface area contributed by atoms with Gasteiger partial charge in [-0.25, -0.2) is 4.79 Å². The molecule has 3 aliphatic rings. The Hall–Kier alpha value is -2.49. The fraction of sp³-hybridized carbons (Fsp3) is 0.381. The molecule has 4 heteroatoms. The van der Waals surface area contributed by atoms with Crippen LogP contribution in [0.1, 0.15) is 29.0 Å². The number of fused-ring (bicyclic) bond motifs is 3. The quantitative estimate of drug-likeness (QED) is 0.861. The van der Waals surface area contributed by atoms with Crippen molar-refractivity contribution < 1.29 is 9.90 Å². The van der Waals surface area contributed by atoms with Gasteiger partial charge in [0.15, 0.2) is 0 Å². The molecule has 4 nitrogen and oxygen atoms in total. The summed E-state index contributed by atoms with van der Waals surface area (Å²) >= 11 is 0. The number of likely N-dealkylation sites (tertiary alicyclic amines) is 1. The lowest BCUT2D eigenvalue weighted by Crippen LogP contribution is -2.47. The number of hydrogen-bond donors (Lipinski definition) is 1. The zero-order chi connectivity index (χ0) is 17.1. The summed E-state index contributed by atoms with van der Waals surface area (Å²) in [4.78, 5) is 15.6. The van der Waals surface area contributed by atoms with E-state index in [0.29, 0.717) is 25.0 Å². The van der Waals surface area contributed by atoms with Gasteiger partial charge in [-0.2, -0.15) is 0 Å². The maximum Gasteiger partial charge on any atom is 0.407 e. The zero-order valence-corrected chi connectivity index (χ0v) is 14.4. The molecule has 0 radical (unpaired) electrons. The monoisotopic (exact) mass is 334 g/mol. The van der Waals surface area contributed by atoms with Gasteiger partial charge < -0.3 is 14.9 Å². The number of aryl methyl sites for hydroxylation is 1. The van der Waals surface area contributed by atoms with Crippen LogP contribution in [0, 0.1) is 6.92 Å². The number of hydrogen-bond acceptors (Lipinski definition) is 2. The van der Waals surface area contributed by atoms with Crippen LogP contribution in [0.15, 0.2) is 36.4 Å². The molecule has 25 heavy (non-hydrogen) atoms. The summed E-state index contributed by atoms with van der Waals surface area (Å²) in [5, 5.41) is 9.42. The van der Waals surface area contributed by atoms with Crippen LogP contribution in [0.25, 0.3) is 11.1 Å². The third-order valence-corrected chi connectivity index (χ3v) is 6.23. The van der Waals surface area contributed by atoms with Crippen LogP contribution in [0.4, 0.5) is 10.5 Å². The van der Waals surface area contributed by atoms with Crippen molar-refractivity contribution in [2.75, 3.05) is 24.5 Å². The molecule has 1 amide bonds. The molecule has 128 valence electrons. The zero-order valence-electron chi connectivity index (χ0n) is 14.4. The minimum Gasteiger partial charge on any atom is -0.465 e. The van der Waals surface area contributed by atoms with Gasteiger partial charge in [-0.15, -0.1) is 0 Å². The Morgan fingerprint density at radius 1 is 1.20 bits per heavy atom. The van der Waals surface area contributed by atoms with Crippen LogP contribution < -0.4 is 4.90 Å². The minimum absolute atomic E-state index is 0.308. The number of anilines is 1. The Kier molecular flexibility index (Phi) is 3.11. The van der Waals surface area contributed by atoms with E-state index in [9.17, 15) is 9.90 Å². The van der Waals surface area contributed by atoms with Crippen LogP contribution in [0.5, 0.6) is 0 Å². The first-order valence-corrected chi connectivity index (χ1v) is 9.11. The molecule has 2 aromatic rings. The van der Waals surface area contributed by atoms with Gasteiger partial charge in [0.25, 0.3) is 0 Å². The van der Waals surface area contributed by atoms with Crippen molar-refractivity contribution in [3.63, 3.8) is 0 Å². The van der Waals surface area contributed by atoms with E-state index in [4.69, 9.17) is 0 Å². The molecule has 0 unspecified atom stereocenters. The molecular weight excluding hydrogens is 312 g/mol. The van der Waals surface area contributed by atoms with E-state index in [1.807, 2.05) is 0 Å². The van der Waals surface area contributed by atoms with Crippen LogP contribution >= 0.6 is 0 Å². The standard InChI is InChI=1S/C21H22N2O2/c1-13-4-2-3-5-16(13)15-10-14-6-9-23-19-7-8-22(21(24)25)12-18(19)17(11-15)20(14)23/h2-5,10-11,18-19H,6-9,12H2,1H3,(H,24,25)/t18-,19-/m0/s1. The van der Waals surface area contributed by atoms with E-state index < -0.39 is 6.09 Å². The highest BCUT2D eigenvalue weighted by Crippen LogP contribution is 2.50. The van der Waals surface area contributed by atoms with Gasteiger partial charge in [0, 0.05) is 37.3 Å². The molecule has 0 saturated carbocycles. The fourth-order valence-corrected chi connectivity index (χ4v) is 5.07. The molecule has 0 bridgehead atoms. The highest BCUT2D eigenvalue weighted by molar-refractivity contribution is 5.79. The van der Waals surface area contributed by atoms with Crippen LogP contribution in [0.3, 0.4) is 0 Å². The van der Waals surface area contributed by atoms with Gasteiger partial charge in [-0.05, 0) is 59.7 Å². The van der Waals surface area contributed by atoms with Gasteiger partial charge in [-0.1, -0.05) is 24.3 Å². The lowest BCUT2D eigenvalue weighted by Gasteiger charge is -2.37. The second-order valence-electron chi connectivity index (χ2n) is 7.52. The Morgan fingerprint density at radius 3 is 2.84 bits per heavy atom. The predicted octanol–water partition coefficient (Wildman–Crippen LogP) is 3.87. The third-order valence-electron chi connectivity index (χ3n) is 6.23. The third kappa shape index (κ3) is 2.10. The summed E-state index contributed by atoms with van der Waals surface area (Å²) in [5.74, 6) is 0.308. The SMILES string of the molecule is Cc1ccccc1-c1cc2c3c(c1)[C@@H]1CN(C(=O)O)CC[C@@H]1N3CC2. The Bertz CT molecular complexity index is 876. The van der Waals surface area contributed by atoms with Gasteiger partial charge >= 0.3 is 6.09 Å². The van der Waals surface area contributed by atoms with E-state index in [1.54, 1.807) is 4.90 Å². The first-order valence-electron chi connectivity index (χ1n) is 9.11. The number of piperidine rings is 1. The Balaban J connectivity index is 1.63. The van der Waals surface area contributed by atoms with E-state index in [-0.39, 0.29) is 0 Å². The number of benzene rings is 2. The first-order chi connectivity index (χ1) is 12.1. The number of carboxylic acid groups (broad SMARTS) is 1. The molecule has 2 atom stereocenters. The van der Waals surface area contributed by atoms with E-state index in [1.165, 1.54) is 33.5 Å². The summed E-state index contributed by atoms with van der Waals surface area (Å²) in [7, 11) is 0. The Morgan fingerprint density at radius 2 is 2.04 bits per heavy atom. The number of rotatable bonds is 1. The molecule has 0 aliphatic carbocycles. The molecular formula is C21H22N2O2. The second kappa shape index (κ2) is 5.25. The van der Waals surface area contributed by atoms with Crippen molar-refractivity contribution in [2.45, 2.75) is 31.7 Å². The van der Waals surface area contributed by atoms with Crippen molar-refractivity contribution in [2.24, 2.45) is 0 Å². The maximum atomic E-state index is 11.5. The lowest BCUT2D eigenvalue weighted by molar-refractivity contribution is 0.127. The smallest absolute Gasteiger partial charge is 0.407 e. The van der Waals surface area contributed by atoms with Crippen molar-refractivity contribution in [1.29, 1.82) is 0 Å². The molecule has 1 fully saturated rings. The average Bonchev–Trinajstić information content (AvgIpc) is 3.17. The van der Waals surface area contributed by atoms with Crippen LogP contribution in [0.2, 0.25) is 0 Å². The van der Waals surface area contributed by atoms with Gasteiger partial charge in [-0.3, -0.25) is 0 Å². The normalized spacial score (nSPS) is 23.6. The van der Waals surface area contributed by atoms with Gasteiger partial charge in [0.2, 0.25) is 0 Å². The van der Waals surface area contributed by atoms with E-state index in [2.05, 4.69) is 48.2 Å². The lowest BCUT2D eigenvalue weighted by atomic mass is 9.86. The van der Waals surface area contributed by atoms with Gasteiger partial charge in [0.1, 0.15) is 0 Å². The number of nitrogens with zero attached hydrogens (tertiary/aromatic N) is 2. The van der Waals surface area contributed by atoms with Gasteiger partial charge in [0.05, 0.1) is 0 Å². The minimum atomic E-state index is -0.786. The van der Waals surface area contributed by atoms with E-state index >= 15 is 0 Å². The van der Waals surface area contributed by atoms with Crippen molar-refractivity contribution in [3.05, 3.63) is 53.1 Å². The summed E-state index contributed by atoms with van der Waals surface area (Å²) in [6.07, 6.45) is 1.25. The molecule has 3 aliphatic heterocycles. The topological polar surface area (TPSA) is 43.8 Å². The van der Waals surface area contributed by atoms with Crippen molar-refractivity contribution in [3.8, 4) is 11.1 Å². The Labute approximate surface area is 147 Å². The molecule has 3 heterocycles.